The van der Waals surface area contributed by atoms with Crippen molar-refractivity contribution in [1.82, 2.24) is 35.5 Å². The summed E-state index contributed by atoms with van der Waals surface area (Å²) in [5.41, 5.74) is 1.30. The van der Waals surface area contributed by atoms with Gasteiger partial charge < -0.3 is 56.3 Å². The van der Waals surface area contributed by atoms with Gasteiger partial charge in [0.15, 0.2) is 17.0 Å². The van der Waals surface area contributed by atoms with E-state index in [0.29, 0.717) is 53.6 Å². The summed E-state index contributed by atoms with van der Waals surface area (Å²) in [6.45, 7) is 0.376. The summed E-state index contributed by atoms with van der Waals surface area (Å²) in [4.78, 5) is 41.1. The molecule has 5 aromatic rings. The first-order valence-corrected chi connectivity index (χ1v) is 17.8. The van der Waals surface area contributed by atoms with Crippen molar-refractivity contribution < 1.29 is 35.1 Å². The van der Waals surface area contributed by atoms with Gasteiger partial charge in [-0.1, -0.05) is 72.8 Å². The zero-order chi connectivity index (χ0) is 37.8. The number of carbonyl (C=O) groups is 2. The van der Waals surface area contributed by atoms with Gasteiger partial charge in [0.25, 0.3) is 0 Å². The summed E-state index contributed by atoms with van der Waals surface area (Å²) in [5, 5.41) is 64.9. The fraction of sp³-hybridized carbons (Fsp3) is 0.342. The number of amides is 3. The minimum absolute atomic E-state index is 0.00299. The number of anilines is 2. The number of phenolic OH excluding ortho intramolecular Hbond substituents is 1. The molecule has 1 aliphatic heterocycles. The van der Waals surface area contributed by atoms with E-state index in [0.717, 1.165) is 5.56 Å². The van der Waals surface area contributed by atoms with Crippen molar-refractivity contribution in [2.24, 2.45) is 0 Å². The Hall–Kier alpha value is -5.81. The first kappa shape index (κ1) is 36.5. The molecule has 16 heteroatoms. The average Bonchev–Trinajstić information content (AvgIpc) is 3.91. The van der Waals surface area contributed by atoms with E-state index in [1.165, 1.54) is 6.33 Å². The minimum Gasteiger partial charge on any atom is -0.508 e. The van der Waals surface area contributed by atoms with E-state index in [4.69, 9.17) is 9.97 Å². The lowest BCUT2D eigenvalue weighted by Crippen LogP contribution is -2.44. The van der Waals surface area contributed by atoms with Gasteiger partial charge in [-0.3, -0.25) is 4.79 Å². The van der Waals surface area contributed by atoms with E-state index in [2.05, 4.69) is 26.3 Å². The van der Waals surface area contributed by atoms with Crippen LogP contribution >= 0.6 is 0 Å². The second-order valence-electron chi connectivity index (χ2n) is 13.7. The molecule has 0 bridgehead atoms. The van der Waals surface area contributed by atoms with Gasteiger partial charge in [0.2, 0.25) is 11.9 Å². The minimum atomic E-state index is -1.47. The molecule has 16 nitrogen and oxygen atoms in total. The number of benzene rings is 3. The van der Waals surface area contributed by atoms with Crippen LogP contribution in [0.25, 0.3) is 11.2 Å². The molecule has 1 saturated heterocycles. The van der Waals surface area contributed by atoms with Crippen molar-refractivity contribution in [2.75, 3.05) is 36.5 Å². The number of aliphatic hydroxyl groups excluding tert-OH is 3. The van der Waals surface area contributed by atoms with Crippen molar-refractivity contribution in [3.8, 4) is 5.75 Å². The summed E-state index contributed by atoms with van der Waals surface area (Å²) in [5.74, 6) is 0.0768. The Morgan fingerprint density at radius 3 is 2.31 bits per heavy atom. The maximum atomic E-state index is 12.8. The number of nitrogens with zero attached hydrogens (tertiary/aromatic N) is 5. The molecule has 282 valence electrons. The fourth-order valence-corrected chi connectivity index (χ4v) is 7.25. The van der Waals surface area contributed by atoms with Crippen LogP contribution in [0, 0.1) is 0 Å². The summed E-state index contributed by atoms with van der Waals surface area (Å²) in [6.07, 6.45) is -0.364. The third kappa shape index (κ3) is 7.63. The Bertz CT molecular complexity index is 2040. The van der Waals surface area contributed by atoms with E-state index in [1.54, 1.807) is 28.8 Å². The quantitative estimate of drug-likeness (QED) is 0.0877. The third-order valence-corrected chi connectivity index (χ3v) is 10.1. The maximum Gasteiger partial charge on any atom is 0.315 e. The van der Waals surface area contributed by atoms with Gasteiger partial charge in [0.05, 0.1) is 25.0 Å². The molecule has 2 fully saturated rings. The van der Waals surface area contributed by atoms with Crippen LogP contribution in [0.4, 0.5) is 16.6 Å². The number of aliphatic hydroxyl groups is 4. The highest BCUT2D eigenvalue weighted by atomic mass is 16.3. The molecular weight excluding hydrogens is 694 g/mol. The van der Waals surface area contributed by atoms with Crippen LogP contribution in [0.2, 0.25) is 0 Å². The lowest BCUT2D eigenvalue weighted by Gasteiger charge is -2.30. The Morgan fingerprint density at radius 1 is 0.907 bits per heavy atom. The summed E-state index contributed by atoms with van der Waals surface area (Å²) < 4.78 is 1.64. The Labute approximate surface area is 310 Å². The monoisotopic (exact) mass is 737 g/mol. The molecule has 0 unspecified atom stereocenters. The number of aromatic hydroxyl groups is 1. The van der Waals surface area contributed by atoms with Crippen LogP contribution in [0.15, 0.2) is 91.3 Å². The molecule has 9 N–H and O–H groups in total. The van der Waals surface area contributed by atoms with Gasteiger partial charge in [-0.25, -0.2) is 9.78 Å². The van der Waals surface area contributed by atoms with Crippen molar-refractivity contribution >= 4 is 34.9 Å². The van der Waals surface area contributed by atoms with Crippen LogP contribution in [0.5, 0.6) is 5.75 Å². The molecule has 1 saturated carbocycles. The SMILES string of the molecule is O=C(CO)N[C@H]1C[C@@H](n2cnc3c(NCC(O)(c4ccccc4)c4ccccc4)nc(N4CC[C@@H](NC(=O)NCc5cccc(O)c5)C4)nc32)[C@H](O)[C@@H]1O. The lowest BCUT2D eigenvalue weighted by molar-refractivity contribution is -0.125. The largest absolute Gasteiger partial charge is 0.508 e. The molecule has 1 aliphatic carbocycles. The van der Waals surface area contributed by atoms with Crippen molar-refractivity contribution in [2.45, 2.75) is 55.3 Å². The van der Waals surface area contributed by atoms with Crippen molar-refractivity contribution in [3.63, 3.8) is 0 Å². The highest BCUT2D eigenvalue weighted by molar-refractivity contribution is 5.85. The second-order valence-corrected chi connectivity index (χ2v) is 13.7. The number of carbonyl (C=O) groups excluding carboxylic acids is 2. The molecule has 3 heterocycles. The van der Waals surface area contributed by atoms with Crippen molar-refractivity contribution in [3.05, 3.63) is 108 Å². The van der Waals surface area contributed by atoms with Gasteiger partial charge >= 0.3 is 6.03 Å². The number of hydrogen-bond acceptors (Lipinski definition) is 12. The van der Waals surface area contributed by atoms with E-state index >= 15 is 0 Å². The molecule has 54 heavy (non-hydrogen) atoms. The zero-order valence-corrected chi connectivity index (χ0v) is 29.3. The number of urea groups is 1. The highest BCUT2D eigenvalue weighted by Crippen LogP contribution is 2.36. The Balaban J connectivity index is 1.17. The van der Waals surface area contributed by atoms with Crippen LogP contribution in [0.3, 0.4) is 0 Å². The Kier molecular flexibility index (Phi) is 10.6. The van der Waals surface area contributed by atoms with Gasteiger partial charge in [0.1, 0.15) is 30.2 Å². The van der Waals surface area contributed by atoms with Gasteiger partial charge in [-0.05, 0) is 41.7 Å². The lowest BCUT2D eigenvalue weighted by atomic mass is 9.86. The van der Waals surface area contributed by atoms with E-state index in [9.17, 15) is 35.1 Å². The van der Waals surface area contributed by atoms with Crippen LogP contribution in [-0.2, 0) is 16.9 Å². The number of phenols is 1. The summed E-state index contributed by atoms with van der Waals surface area (Å²) >= 11 is 0. The first-order valence-electron chi connectivity index (χ1n) is 17.8. The fourth-order valence-electron chi connectivity index (χ4n) is 7.25. The molecular formula is C38H43N9O7. The molecule has 7 rings (SSSR count). The Morgan fingerprint density at radius 2 is 1.63 bits per heavy atom. The first-order chi connectivity index (χ1) is 26.1. The van der Waals surface area contributed by atoms with Gasteiger partial charge in [0, 0.05) is 25.7 Å². The summed E-state index contributed by atoms with van der Waals surface area (Å²) in [6, 6.07) is 23.1. The molecule has 5 atom stereocenters. The average molecular weight is 738 g/mol. The van der Waals surface area contributed by atoms with Gasteiger partial charge in [-0.15, -0.1) is 0 Å². The summed E-state index contributed by atoms with van der Waals surface area (Å²) in [7, 11) is 0. The molecule has 0 radical (unpaired) electrons. The second kappa shape index (κ2) is 15.7. The molecule has 3 amide bonds. The van der Waals surface area contributed by atoms with E-state index < -0.39 is 42.4 Å². The number of aromatic nitrogens is 4. The molecule has 3 aromatic carbocycles. The molecule has 2 aromatic heterocycles. The number of rotatable bonds is 12. The third-order valence-electron chi connectivity index (χ3n) is 10.1. The maximum absolute atomic E-state index is 12.8. The van der Waals surface area contributed by atoms with Crippen LogP contribution < -0.4 is 26.2 Å². The highest BCUT2D eigenvalue weighted by Gasteiger charge is 2.44. The number of imidazole rings is 1. The number of hydrogen-bond donors (Lipinski definition) is 9. The standard InChI is InChI=1S/C38H43N9O7/c48-20-30(50)43-28-17-29(33(52)32(28)51)47-22-41-31-34(40-21-38(54,24-9-3-1-4-10-24)25-11-5-2-6-12-25)44-36(45-35(31)47)46-15-14-26(19-46)42-37(53)39-18-23-8-7-13-27(49)16-23/h1-13,16,22,26,28-29,32-33,48-49,51-52,54H,14-15,17-21H2,(H,43,50)(H2,39,42,53)(H,40,44,45)/t26-,28+,29-,32-,33+/m1/s1. The predicted octanol–water partition coefficient (Wildman–Crippen LogP) is 1.10. The van der Waals surface area contributed by atoms with E-state index in [1.807, 2.05) is 65.6 Å². The molecule has 0 spiro atoms. The smallest absolute Gasteiger partial charge is 0.315 e. The van der Waals surface area contributed by atoms with Crippen LogP contribution in [-0.4, -0.2) is 108 Å². The predicted molar refractivity (Wildman–Crippen MR) is 198 cm³/mol. The molecule has 2 aliphatic rings. The number of nitrogens with one attached hydrogen (secondary N) is 4. The number of fused-ring (bicyclic) bond motifs is 1. The van der Waals surface area contributed by atoms with E-state index in [-0.39, 0.29) is 37.3 Å². The topological polar surface area (TPSA) is 230 Å². The van der Waals surface area contributed by atoms with Gasteiger partial charge in [-0.2, -0.15) is 9.97 Å². The normalized spacial score (nSPS) is 21.3. The zero-order valence-electron chi connectivity index (χ0n) is 29.3. The van der Waals surface area contributed by atoms with Crippen LogP contribution in [0.1, 0.15) is 35.6 Å². The van der Waals surface area contributed by atoms with Crippen molar-refractivity contribution in [1.29, 1.82) is 0 Å².